The van der Waals surface area contributed by atoms with Gasteiger partial charge in [0.25, 0.3) is 0 Å². The highest BCUT2D eigenvalue weighted by Crippen LogP contribution is 2.32. The van der Waals surface area contributed by atoms with Gasteiger partial charge in [-0.1, -0.05) is 30.3 Å². The van der Waals surface area contributed by atoms with Crippen molar-refractivity contribution >= 4 is 12.4 Å². The lowest BCUT2D eigenvalue weighted by Gasteiger charge is -2.20. The minimum absolute atomic E-state index is 0. The summed E-state index contributed by atoms with van der Waals surface area (Å²) in [5.74, 6) is -1.04. The SMILES string of the molecule is Cl.N[C@H](c1cc(F)cc(C(F)(F)F)c1)[C@@H](O)Cc1ccccc1. The standard InChI is InChI=1S/C16H15F4NO.ClH/c17-13-8-11(7-12(9-13)16(18,19)20)15(21)14(22)6-10-4-2-1-3-5-10;/h1-5,7-9,14-15,22H,6,21H2;1H/t14-,15+;/m0./s1. The van der Waals surface area contributed by atoms with Gasteiger partial charge in [0.15, 0.2) is 0 Å². The molecule has 0 aliphatic carbocycles. The molecule has 0 aliphatic heterocycles. The van der Waals surface area contributed by atoms with Gasteiger partial charge in [-0.05, 0) is 29.3 Å². The molecule has 2 rings (SSSR count). The third-order valence-electron chi connectivity index (χ3n) is 3.33. The summed E-state index contributed by atoms with van der Waals surface area (Å²) in [6, 6.07) is 9.85. The zero-order valence-corrected chi connectivity index (χ0v) is 12.7. The van der Waals surface area contributed by atoms with Crippen molar-refractivity contribution in [2.24, 2.45) is 5.73 Å². The van der Waals surface area contributed by atoms with Crippen molar-refractivity contribution in [2.75, 3.05) is 0 Å². The Hall–Kier alpha value is -1.63. The highest BCUT2D eigenvalue weighted by atomic mass is 35.5. The second-order valence-corrected chi connectivity index (χ2v) is 5.05. The molecule has 3 N–H and O–H groups in total. The zero-order chi connectivity index (χ0) is 16.3. The second-order valence-electron chi connectivity index (χ2n) is 5.05. The molecule has 0 fully saturated rings. The predicted octanol–water partition coefficient (Wildman–Crippen LogP) is 3.87. The van der Waals surface area contributed by atoms with Crippen LogP contribution in [-0.2, 0) is 12.6 Å². The van der Waals surface area contributed by atoms with Crippen molar-refractivity contribution in [1.82, 2.24) is 0 Å². The van der Waals surface area contributed by atoms with Gasteiger partial charge in [0.05, 0.1) is 17.7 Å². The monoisotopic (exact) mass is 349 g/mol. The van der Waals surface area contributed by atoms with Crippen molar-refractivity contribution in [3.05, 3.63) is 71.0 Å². The van der Waals surface area contributed by atoms with E-state index in [0.29, 0.717) is 6.07 Å². The first-order valence-electron chi connectivity index (χ1n) is 6.62. The number of aliphatic hydroxyl groups excluding tert-OH is 1. The molecule has 0 unspecified atom stereocenters. The molecule has 7 heteroatoms. The van der Waals surface area contributed by atoms with E-state index in [1.807, 2.05) is 0 Å². The Morgan fingerprint density at radius 3 is 2.22 bits per heavy atom. The molecule has 0 saturated heterocycles. The first-order valence-corrected chi connectivity index (χ1v) is 6.62. The number of halogens is 5. The molecule has 0 heterocycles. The molecule has 0 saturated carbocycles. The largest absolute Gasteiger partial charge is 0.416 e. The van der Waals surface area contributed by atoms with Gasteiger partial charge in [-0.3, -0.25) is 0 Å². The summed E-state index contributed by atoms with van der Waals surface area (Å²) < 4.78 is 51.4. The van der Waals surface area contributed by atoms with Crippen molar-refractivity contribution < 1.29 is 22.7 Å². The van der Waals surface area contributed by atoms with Crippen molar-refractivity contribution in [2.45, 2.75) is 24.7 Å². The molecule has 0 aromatic heterocycles. The molecule has 2 atom stereocenters. The Bertz CT molecular complexity index is 634. The molecule has 2 aromatic rings. The first-order chi connectivity index (χ1) is 10.3. The van der Waals surface area contributed by atoms with Crippen molar-refractivity contribution in [3.63, 3.8) is 0 Å². The maximum atomic E-state index is 13.4. The third-order valence-corrected chi connectivity index (χ3v) is 3.33. The Morgan fingerprint density at radius 2 is 1.65 bits per heavy atom. The van der Waals surface area contributed by atoms with Gasteiger partial charge in [0.2, 0.25) is 0 Å². The number of aliphatic hydroxyl groups is 1. The molecule has 0 amide bonds. The molecule has 126 valence electrons. The van der Waals surface area contributed by atoms with Crippen LogP contribution >= 0.6 is 12.4 Å². The van der Waals surface area contributed by atoms with Gasteiger partial charge in [0, 0.05) is 6.42 Å². The van der Waals surface area contributed by atoms with Crippen LogP contribution in [0.3, 0.4) is 0 Å². The number of benzene rings is 2. The molecule has 0 aliphatic rings. The van der Waals surface area contributed by atoms with E-state index in [2.05, 4.69) is 0 Å². The van der Waals surface area contributed by atoms with Crippen LogP contribution in [0.4, 0.5) is 17.6 Å². The van der Waals surface area contributed by atoms with Gasteiger partial charge in [-0.25, -0.2) is 4.39 Å². The second kappa shape index (κ2) is 7.77. The average Bonchev–Trinajstić information content (AvgIpc) is 2.46. The topological polar surface area (TPSA) is 46.2 Å². The minimum Gasteiger partial charge on any atom is -0.391 e. The van der Waals surface area contributed by atoms with Crippen LogP contribution in [-0.4, -0.2) is 11.2 Å². The van der Waals surface area contributed by atoms with Crippen LogP contribution in [0.1, 0.15) is 22.7 Å². The highest BCUT2D eigenvalue weighted by Gasteiger charge is 2.32. The summed E-state index contributed by atoms with van der Waals surface area (Å²) >= 11 is 0. The van der Waals surface area contributed by atoms with Crippen LogP contribution in [0.5, 0.6) is 0 Å². The molecule has 2 nitrogen and oxygen atoms in total. The maximum absolute atomic E-state index is 13.4. The van der Waals surface area contributed by atoms with Crippen LogP contribution < -0.4 is 5.73 Å². The predicted molar refractivity (Wildman–Crippen MR) is 81.7 cm³/mol. The van der Waals surface area contributed by atoms with Gasteiger partial charge in [-0.15, -0.1) is 12.4 Å². The molecule has 0 radical (unpaired) electrons. The van der Waals surface area contributed by atoms with Gasteiger partial charge >= 0.3 is 6.18 Å². The van der Waals surface area contributed by atoms with Crippen LogP contribution in [0.2, 0.25) is 0 Å². The number of nitrogens with two attached hydrogens (primary N) is 1. The van der Waals surface area contributed by atoms with E-state index >= 15 is 0 Å². The molecule has 0 spiro atoms. The highest BCUT2D eigenvalue weighted by molar-refractivity contribution is 5.85. The van der Waals surface area contributed by atoms with E-state index in [4.69, 9.17) is 5.73 Å². The van der Waals surface area contributed by atoms with Gasteiger partial charge in [-0.2, -0.15) is 13.2 Å². The molecule has 2 aromatic carbocycles. The summed E-state index contributed by atoms with van der Waals surface area (Å²) in [4.78, 5) is 0. The Morgan fingerprint density at radius 1 is 1.04 bits per heavy atom. The van der Waals surface area contributed by atoms with Crippen molar-refractivity contribution in [1.29, 1.82) is 0 Å². The summed E-state index contributed by atoms with van der Waals surface area (Å²) in [5, 5.41) is 10.1. The molecule has 0 bridgehead atoms. The van der Waals surface area contributed by atoms with Crippen LogP contribution in [0, 0.1) is 5.82 Å². The van der Waals surface area contributed by atoms with E-state index in [-0.39, 0.29) is 24.4 Å². The van der Waals surface area contributed by atoms with Crippen molar-refractivity contribution in [3.8, 4) is 0 Å². The number of alkyl halides is 3. The quantitative estimate of drug-likeness (QED) is 0.823. The van der Waals surface area contributed by atoms with E-state index in [1.54, 1.807) is 30.3 Å². The lowest BCUT2D eigenvalue weighted by Crippen LogP contribution is -2.28. The Labute approximate surface area is 137 Å². The van der Waals surface area contributed by atoms with E-state index < -0.39 is 29.7 Å². The van der Waals surface area contributed by atoms with E-state index in [0.717, 1.165) is 17.7 Å². The summed E-state index contributed by atoms with van der Waals surface area (Å²) in [5.41, 5.74) is 5.37. The van der Waals surface area contributed by atoms with Crippen LogP contribution in [0.25, 0.3) is 0 Å². The summed E-state index contributed by atoms with van der Waals surface area (Å²) in [7, 11) is 0. The number of hydrogen-bond acceptors (Lipinski definition) is 2. The summed E-state index contributed by atoms with van der Waals surface area (Å²) in [6.45, 7) is 0. The fourth-order valence-electron chi connectivity index (χ4n) is 2.17. The number of hydrogen-bond donors (Lipinski definition) is 2. The van der Waals surface area contributed by atoms with Crippen LogP contribution in [0.15, 0.2) is 48.5 Å². The fourth-order valence-corrected chi connectivity index (χ4v) is 2.17. The third kappa shape index (κ3) is 5.20. The molecular formula is C16H16ClF4NO. The lowest BCUT2D eigenvalue weighted by molar-refractivity contribution is -0.137. The average molecular weight is 350 g/mol. The Kier molecular flexibility index (Phi) is 6.56. The fraction of sp³-hybridized carbons (Fsp3) is 0.250. The number of rotatable bonds is 4. The summed E-state index contributed by atoms with van der Waals surface area (Å²) in [6.07, 6.45) is -5.62. The van der Waals surface area contributed by atoms with Gasteiger partial charge in [0.1, 0.15) is 5.82 Å². The maximum Gasteiger partial charge on any atom is 0.416 e. The first kappa shape index (κ1) is 19.4. The van der Waals surface area contributed by atoms with Gasteiger partial charge < -0.3 is 10.8 Å². The van der Waals surface area contributed by atoms with E-state index in [1.165, 1.54) is 0 Å². The lowest BCUT2D eigenvalue weighted by atomic mass is 9.95. The minimum atomic E-state index is -4.67. The smallest absolute Gasteiger partial charge is 0.391 e. The molecule has 23 heavy (non-hydrogen) atoms. The molecular weight excluding hydrogens is 334 g/mol. The van der Waals surface area contributed by atoms with E-state index in [9.17, 15) is 22.7 Å². The normalized spacial score (nSPS) is 14.0. The zero-order valence-electron chi connectivity index (χ0n) is 11.9. The Balaban J connectivity index is 0.00000264.